The van der Waals surface area contributed by atoms with E-state index in [9.17, 15) is 4.79 Å². The lowest BCUT2D eigenvalue weighted by atomic mass is 9.75. The summed E-state index contributed by atoms with van der Waals surface area (Å²) in [6, 6.07) is 0. The Morgan fingerprint density at radius 2 is 1.90 bits per heavy atom. The molecule has 0 bridgehead atoms. The molecule has 0 aromatic carbocycles. The van der Waals surface area contributed by atoms with E-state index in [0.29, 0.717) is 36.6 Å². The van der Waals surface area contributed by atoms with E-state index in [4.69, 9.17) is 10.5 Å². The van der Waals surface area contributed by atoms with Crippen molar-refractivity contribution in [2.45, 2.75) is 72.8 Å². The molecule has 2 N–H and O–H groups in total. The molecule has 3 nitrogen and oxygen atoms in total. The monoisotopic (exact) mass is 297 g/mol. The molecule has 3 unspecified atom stereocenters. The third-order valence-corrected chi connectivity index (χ3v) is 4.84. The van der Waals surface area contributed by atoms with E-state index < -0.39 is 0 Å². The predicted octanol–water partition coefficient (Wildman–Crippen LogP) is 4.00. The molecule has 4 atom stereocenters. The summed E-state index contributed by atoms with van der Waals surface area (Å²) in [7, 11) is 0. The van der Waals surface area contributed by atoms with Gasteiger partial charge in [-0.1, -0.05) is 41.0 Å². The second-order valence-corrected chi connectivity index (χ2v) is 7.79. The quantitative estimate of drug-likeness (QED) is 0.723. The van der Waals surface area contributed by atoms with E-state index in [0.717, 1.165) is 12.8 Å². The Labute approximate surface area is 131 Å². The molecule has 0 aromatic heterocycles. The molecule has 1 fully saturated rings. The van der Waals surface area contributed by atoms with Crippen LogP contribution in [0.5, 0.6) is 0 Å². The van der Waals surface area contributed by atoms with Gasteiger partial charge in [0.05, 0.1) is 0 Å². The molecular weight excluding hydrogens is 262 g/mol. The summed E-state index contributed by atoms with van der Waals surface area (Å²) in [5.74, 6) is 2.55. The maximum Gasteiger partial charge on any atom is 0.306 e. The fraction of sp³-hybridized carbons (Fsp3) is 0.944. The molecule has 0 amide bonds. The van der Waals surface area contributed by atoms with Crippen molar-refractivity contribution >= 4 is 5.97 Å². The molecule has 0 heterocycles. The van der Waals surface area contributed by atoms with Crippen LogP contribution in [0.3, 0.4) is 0 Å². The zero-order valence-corrected chi connectivity index (χ0v) is 14.6. The van der Waals surface area contributed by atoms with E-state index >= 15 is 0 Å². The fourth-order valence-corrected chi connectivity index (χ4v) is 3.63. The number of ether oxygens (including phenoxy) is 1. The van der Waals surface area contributed by atoms with Gasteiger partial charge in [-0.2, -0.15) is 0 Å². The standard InChI is InChI=1S/C18H35NO2/c1-12(2)8-15(11-19)10-18(20)21-17-9-14(5)6-7-16(17)13(3)4/h12-17H,6-11,19H2,1-5H3/t14?,15-,16?,17?/m0/s1. The number of hydrogen-bond donors (Lipinski definition) is 1. The third-order valence-electron chi connectivity index (χ3n) is 4.84. The number of carbonyl (C=O) groups excluding carboxylic acids is 1. The molecule has 0 spiro atoms. The molecule has 124 valence electrons. The number of nitrogens with two attached hydrogens (primary N) is 1. The van der Waals surface area contributed by atoms with Crippen molar-refractivity contribution in [3.05, 3.63) is 0 Å². The molecule has 3 heteroatoms. The maximum absolute atomic E-state index is 12.3. The van der Waals surface area contributed by atoms with Crippen LogP contribution < -0.4 is 5.73 Å². The van der Waals surface area contributed by atoms with Crippen molar-refractivity contribution in [3.8, 4) is 0 Å². The van der Waals surface area contributed by atoms with Gasteiger partial charge in [-0.25, -0.2) is 0 Å². The minimum Gasteiger partial charge on any atom is -0.462 e. The average molecular weight is 297 g/mol. The van der Waals surface area contributed by atoms with Crippen LogP contribution in [-0.2, 0) is 9.53 Å². The molecule has 1 rings (SSSR count). The molecular formula is C18H35NO2. The van der Waals surface area contributed by atoms with Crippen LogP contribution >= 0.6 is 0 Å². The molecule has 1 saturated carbocycles. The highest BCUT2D eigenvalue weighted by atomic mass is 16.5. The van der Waals surface area contributed by atoms with Gasteiger partial charge in [0, 0.05) is 6.42 Å². The van der Waals surface area contributed by atoms with Gasteiger partial charge in [0.1, 0.15) is 6.10 Å². The number of rotatable bonds is 7. The third kappa shape index (κ3) is 6.37. The average Bonchev–Trinajstić information content (AvgIpc) is 2.36. The van der Waals surface area contributed by atoms with Gasteiger partial charge >= 0.3 is 5.97 Å². The lowest BCUT2D eigenvalue weighted by Crippen LogP contribution is -2.36. The van der Waals surface area contributed by atoms with Crippen LogP contribution in [0.4, 0.5) is 0 Å². The summed E-state index contributed by atoms with van der Waals surface area (Å²) in [5.41, 5.74) is 5.79. The van der Waals surface area contributed by atoms with Crippen LogP contribution in [0, 0.1) is 29.6 Å². The van der Waals surface area contributed by atoms with Crippen LogP contribution in [-0.4, -0.2) is 18.6 Å². The summed E-state index contributed by atoms with van der Waals surface area (Å²) in [6.45, 7) is 11.7. The van der Waals surface area contributed by atoms with E-state index in [2.05, 4.69) is 34.6 Å². The maximum atomic E-state index is 12.3. The summed E-state index contributed by atoms with van der Waals surface area (Å²) < 4.78 is 5.86. The van der Waals surface area contributed by atoms with Crippen molar-refractivity contribution in [1.29, 1.82) is 0 Å². The summed E-state index contributed by atoms with van der Waals surface area (Å²) in [5, 5.41) is 0. The number of hydrogen-bond acceptors (Lipinski definition) is 3. The second kappa shape index (κ2) is 8.77. The highest BCUT2D eigenvalue weighted by Crippen LogP contribution is 2.35. The van der Waals surface area contributed by atoms with E-state index in [1.807, 2.05) is 0 Å². The van der Waals surface area contributed by atoms with Gasteiger partial charge in [0.2, 0.25) is 0 Å². The van der Waals surface area contributed by atoms with Crippen LogP contribution in [0.15, 0.2) is 0 Å². The van der Waals surface area contributed by atoms with E-state index in [1.165, 1.54) is 12.8 Å². The van der Waals surface area contributed by atoms with Gasteiger partial charge in [0.15, 0.2) is 0 Å². The molecule has 21 heavy (non-hydrogen) atoms. The largest absolute Gasteiger partial charge is 0.462 e. The van der Waals surface area contributed by atoms with Crippen molar-refractivity contribution in [3.63, 3.8) is 0 Å². The lowest BCUT2D eigenvalue weighted by molar-refractivity contribution is -0.157. The lowest BCUT2D eigenvalue weighted by Gasteiger charge is -2.37. The Balaban J connectivity index is 2.53. The topological polar surface area (TPSA) is 52.3 Å². The molecule has 0 aromatic rings. The van der Waals surface area contributed by atoms with E-state index in [-0.39, 0.29) is 18.0 Å². The Morgan fingerprint density at radius 1 is 1.24 bits per heavy atom. The normalized spacial score (nSPS) is 27.9. The molecule has 1 aliphatic rings. The van der Waals surface area contributed by atoms with Gasteiger partial charge in [0.25, 0.3) is 0 Å². The van der Waals surface area contributed by atoms with Crippen LogP contribution in [0.1, 0.15) is 66.7 Å². The zero-order valence-electron chi connectivity index (χ0n) is 14.6. The van der Waals surface area contributed by atoms with Crippen molar-refractivity contribution in [2.75, 3.05) is 6.54 Å². The highest BCUT2D eigenvalue weighted by molar-refractivity contribution is 5.70. The van der Waals surface area contributed by atoms with Crippen molar-refractivity contribution in [2.24, 2.45) is 35.3 Å². The molecule has 0 radical (unpaired) electrons. The summed E-state index contributed by atoms with van der Waals surface area (Å²) in [4.78, 5) is 12.3. The molecule has 0 saturated heterocycles. The Morgan fingerprint density at radius 3 is 2.43 bits per heavy atom. The fourth-order valence-electron chi connectivity index (χ4n) is 3.63. The minimum absolute atomic E-state index is 0.0455. The van der Waals surface area contributed by atoms with Gasteiger partial charge in [-0.3, -0.25) is 4.79 Å². The number of esters is 1. The first-order valence-corrected chi connectivity index (χ1v) is 8.73. The first-order chi connectivity index (χ1) is 9.83. The Hall–Kier alpha value is -0.570. The highest BCUT2D eigenvalue weighted by Gasteiger charge is 2.33. The van der Waals surface area contributed by atoms with Crippen LogP contribution in [0.2, 0.25) is 0 Å². The molecule has 0 aliphatic heterocycles. The summed E-state index contributed by atoms with van der Waals surface area (Å²) in [6.07, 6.45) is 5.05. The van der Waals surface area contributed by atoms with Crippen molar-refractivity contribution < 1.29 is 9.53 Å². The molecule has 1 aliphatic carbocycles. The number of carbonyl (C=O) groups is 1. The minimum atomic E-state index is -0.0455. The Kier molecular flexibility index (Phi) is 7.72. The Bertz CT molecular complexity index is 314. The van der Waals surface area contributed by atoms with Gasteiger partial charge < -0.3 is 10.5 Å². The first kappa shape index (κ1) is 18.5. The SMILES string of the molecule is CC(C)C[C@H](CN)CC(=O)OC1CC(C)CCC1C(C)C. The van der Waals surface area contributed by atoms with Crippen molar-refractivity contribution in [1.82, 2.24) is 0 Å². The van der Waals surface area contributed by atoms with Gasteiger partial charge in [-0.05, 0) is 55.4 Å². The van der Waals surface area contributed by atoms with E-state index in [1.54, 1.807) is 0 Å². The smallest absolute Gasteiger partial charge is 0.306 e. The first-order valence-electron chi connectivity index (χ1n) is 8.73. The van der Waals surface area contributed by atoms with Gasteiger partial charge in [-0.15, -0.1) is 0 Å². The second-order valence-electron chi connectivity index (χ2n) is 7.79. The summed E-state index contributed by atoms with van der Waals surface area (Å²) >= 11 is 0. The zero-order chi connectivity index (χ0) is 16.0. The van der Waals surface area contributed by atoms with Crippen LogP contribution in [0.25, 0.3) is 0 Å². The predicted molar refractivity (Wildman–Crippen MR) is 87.8 cm³/mol.